The second kappa shape index (κ2) is 6.77. The first-order valence-electron chi connectivity index (χ1n) is 7.53. The topological polar surface area (TPSA) is 24.5 Å². The van der Waals surface area contributed by atoms with Crippen molar-refractivity contribution in [2.45, 2.75) is 13.0 Å². The van der Waals surface area contributed by atoms with Crippen LogP contribution in [0.1, 0.15) is 21.4 Å². The molecule has 1 aromatic heterocycles. The highest BCUT2D eigenvalue weighted by Gasteiger charge is 2.28. The Morgan fingerprint density at radius 3 is 2.64 bits per heavy atom. The predicted molar refractivity (Wildman–Crippen MR) is 88.3 cm³/mol. The molecular weight excluding hydrogens is 299 g/mol. The molecule has 1 aliphatic rings. The van der Waals surface area contributed by atoms with Gasteiger partial charge in [0.1, 0.15) is 11.6 Å². The Hall–Kier alpha value is -1.43. The van der Waals surface area contributed by atoms with Crippen LogP contribution in [-0.4, -0.2) is 38.2 Å². The zero-order valence-corrected chi connectivity index (χ0v) is 13.8. The highest BCUT2D eigenvalue weighted by Crippen LogP contribution is 2.38. The van der Waals surface area contributed by atoms with E-state index in [9.17, 15) is 4.39 Å². The molecule has 2 aromatic rings. The van der Waals surface area contributed by atoms with Gasteiger partial charge in [-0.15, -0.1) is 11.3 Å². The number of aryl methyl sites for hydroxylation is 1. The van der Waals surface area contributed by atoms with Gasteiger partial charge in [-0.2, -0.15) is 0 Å². The zero-order chi connectivity index (χ0) is 15.5. The van der Waals surface area contributed by atoms with Crippen molar-refractivity contribution in [1.29, 1.82) is 0 Å². The monoisotopic (exact) mass is 320 g/mol. The molecular formula is C17H21FN2OS. The summed E-state index contributed by atoms with van der Waals surface area (Å²) in [5, 5.41) is 3.37. The minimum atomic E-state index is -0.218. The summed E-state index contributed by atoms with van der Waals surface area (Å²) in [7, 11) is 1.64. The fourth-order valence-corrected chi connectivity index (χ4v) is 4.02. The molecule has 0 spiro atoms. The standard InChI is InChI=1S/C17H21FN2OS/c1-12-3-6-16(22-12)17(20-9-7-19-8-10-20)14-11-13(18)4-5-15(14)21-2/h3-6,11,17,19H,7-10H2,1-2H3. The van der Waals surface area contributed by atoms with E-state index in [1.165, 1.54) is 15.8 Å². The molecule has 1 aromatic carbocycles. The van der Waals surface area contributed by atoms with Gasteiger partial charge in [-0.25, -0.2) is 4.39 Å². The molecule has 118 valence electrons. The highest BCUT2D eigenvalue weighted by atomic mass is 32.1. The Kier molecular flexibility index (Phi) is 4.76. The van der Waals surface area contributed by atoms with E-state index < -0.39 is 0 Å². The smallest absolute Gasteiger partial charge is 0.124 e. The van der Waals surface area contributed by atoms with Gasteiger partial charge in [0.2, 0.25) is 0 Å². The van der Waals surface area contributed by atoms with Gasteiger partial charge in [0.25, 0.3) is 0 Å². The maximum absolute atomic E-state index is 13.8. The second-order valence-electron chi connectivity index (χ2n) is 5.52. The van der Waals surface area contributed by atoms with E-state index in [2.05, 4.69) is 29.3 Å². The predicted octanol–water partition coefficient (Wildman–Crippen LogP) is 3.20. The number of halogens is 1. The maximum Gasteiger partial charge on any atom is 0.124 e. The first kappa shape index (κ1) is 15.5. The Labute approximate surface area is 134 Å². The van der Waals surface area contributed by atoms with Crippen molar-refractivity contribution in [3.63, 3.8) is 0 Å². The van der Waals surface area contributed by atoms with Crippen LogP contribution in [0.4, 0.5) is 4.39 Å². The molecule has 0 aliphatic carbocycles. The zero-order valence-electron chi connectivity index (χ0n) is 12.9. The van der Waals surface area contributed by atoms with Crippen molar-refractivity contribution in [2.24, 2.45) is 0 Å². The highest BCUT2D eigenvalue weighted by molar-refractivity contribution is 7.12. The number of thiophene rings is 1. The molecule has 1 atom stereocenters. The van der Waals surface area contributed by atoms with Crippen molar-refractivity contribution in [1.82, 2.24) is 10.2 Å². The number of piperazine rings is 1. The van der Waals surface area contributed by atoms with Crippen molar-refractivity contribution in [3.05, 3.63) is 51.5 Å². The number of nitrogens with one attached hydrogen (secondary N) is 1. The summed E-state index contributed by atoms with van der Waals surface area (Å²) in [5.74, 6) is 0.528. The largest absolute Gasteiger partial charge is 0.496 e. The molecule has 1 fully saturated rings. The maximum atomic E-state index is 13.8. The van der Waals surface area contributed by atoms with E-state index >= 15 is 0 Å². The van der Waals surface area contributed by atoms with Gasteiger partial charge < -0.3 is 10.1 Å². The van der Waals surface area contributed by atoms with Gasteiger partial charge >= 0.3 is 0 Å². The van der Waals surface area contributed by atoms with Crippen LogP contribution in [0, 0.1) is 12.7 Å². The summed E-state index contributed by atoms with van der Waals surface area (Å²) < 4.78 is 19.3. The van der Waals surface area contributed by atoms with Crippen LogP contribution in [0.25, 0.3) is 0 Å². The molecule has 1 aliphatic heterocycles. The lowest BCUT2D eigenvalue weighted by atomic mass is 10.0. The van der Waals surface area contributed by atoms with E-state index in [4.69, 9.17) is 4.74 Å². The van der Waals surface area contributed by atoms with E-state index in [0.29, 0.717) is 0 Å². The van der Waals surface area contributed by atoms with Gasteiger partial charge in [-0.1, -0.05) is 0 Å². The first-order chi connectivity index (χ1) is 10.7. The van der Waals surface area contributed by atoms with Crippen LogP contribution in [-0.2, 0) is 0 Å². The molecule has 5 heteroatoms. The molecule has 2 heterocycles. The Balaban J connectivity index is 2.06. The summed E-state index contributed by atoms with van der Waals surface area (Å²) in [6.07, 6.45) is 0. The Morgan fingerprint density at radius 2 is 2.00 bits per heavy atom. The minimum Gasteiger partial charge on any atom is -0.496 e. The average molecular weight is 320 g/mol. The van der Waals surface area contributed by atoms with Crippen molar-refractivity contribution < 1.29 is 9.13 Å². The van der Waals surface area contributed by atoms with Crippen LogP contribution in [0.3, 0.4) is 0 Å². The Bertz CT molecular complexity index is 637. The number of methoxy groups -OCH3 is 1. The second-order valence-corrected chi connectivity index (χ2v) is 6.84. The lowest BCUT2D eigenvalue weighted by molar-refractivity contribution is 0.197. The summed E-state index contributed by atoms with van der Waals surface area (Å²) in [5.41, 5.74) is 0.909. The minimum absolute atomic E-state index is 0.0476. The molecule has 1 N–H and O–H groups in total. The van der Waals surface area contributed by atoms with Crippen LogP contribution < -0.4 is 10.1 Å². The van der Waals surface area contributed by atoms with Crippen LogP contribution >= 0.6 is 11.3 Å². The SMILES string of the molecule is COc1ccc(F)cc1C(c1ccc(C)s1)N1CCNCC1. The lowest BCUT2D eigenvalue weighted by Crippen LogP contribution is -2.45. The van der Waals surface area contributed by atoms with Crippen molar-refractivity contribution in [3.8, 4) is 5.75 Å². The summed E-state index contributed by atoms with van der Waals surface area (Å²) in [4.78, 5) is 4.91. The quantitative estimate of drug-likeness (QED) is 0.936. The van der Waals surface area contributed by atoms with Gasteiger partial charge in [-0.05, 0) is 37.3 Å². The number of hydrogen-bond donors (Lipinski definition) is 1. The third kappa shape index (κ3) is 3.16. The average Bonchev–Trinajstić information content (AvgIpc) is 2.95. The molecule has 0 radical (unpaired) electrons. The molecule has 0 amide bonds. The lowest BCUT2D eigenvalue weighted by Gasteiger charge is -2.35. The third-order valence-corrected chi connectivity index (χ3v) is 5.09. The van der Waals surface area contributed by atoms with Gasteiger partial charge in [-0.3, -0.25) is 4.90 Å². The van der Waals surface area contributed by atoms with Crippen LogP contribution in [0.15, 0.2) is 30.3 Å². The van der Waals surface area contributed by atoms with Crippen LogP contribution in [0.2, 0.25) is 0 Å². The molecule has 1 unspecified atom stereocenters. The number of rotatable bonds is 4. The van der Waals surface area contributed by atoms with Gasteiger partial charge in [0.15, 0.2) is 0 Å². The molecule has 3 rings (SSSR count). The van der Waals surface area contributed by atoms with Gasteiger partial charge in [0, 0.05) is 41.5 Å². The fourth-order valence-electron chi connectivity index (χ4n) is 2.99. The molecule has 1 saturated heterocycles. The number of ether oxygens (including phenoxy) is 1. The molecule has 3 nitrogen and oxygen atoms in total. The molecule has 22 heavy (non-hydrogen) atoms. The number of hydrogen-bond acceptors (Lipinski definition) is 4. The summed E-state index contributed by atoms with van der Waals surface area (Å²) in [6, 6.07) is 9.11. The van der Waals surface area contributed by atoms with E-state index in [-0.39, 0.29) is 11.9 Å². The van der Waals surface area contributed by atoms with Crippen LogP contribution in [0.5, 0.6) is 5.75 Å². The summed E-state index contributed by atoms with van der Waals surface area (Å²) >= 11 is 1.77. The normalized spacial score (nSPS) is 17.4. The van der Waals surface area contributed by atoms with Gasteiger partial charge in [0.05, 0.1) is 13.2 Å². The number of nitrogens with zero attached hydrogens (tertiary/aromatic N) is 1. The molecule has 0 saturated carbocycles. The van der Waals surface area contributed by atoms with Crippen molar-refractivity contribution in [2.75, 3.05) is 33.3 Å². The number of benzene rings is 1. The van der Waals surface area contributed by atoms with E-state index in [1.807, 2.05) is 0 Å². The van der Waals surface area contributed by atoms with E-state index in [0.717, 1.165) is 37.5 Å². The fraction of sp³-hybridized carbons (Fsp3) is 0.412. The molecule has 0 bridgehead atoms. The van der Waals surface area contributed by atoms with E-state index in [1.54, 1.807) is 30.6 Å². The van der Waals surface area contributed by atoms with Crippen molar-refractivity contribution >= 4 is 11.3 Å². The summed E-state index contributed by atoms with van der Waals surface area (Å²) in [6.45, 7) is 5.91. The Morgan fingerprint density at radius 1 is 1.23 bits per heavy atom. The first-order valence-corrected chi connectivity index (χ1v) is 8.35. The third-order valence-electron chi connectivity index (χ3n) is 4.03.